The van der Waals surface area contributed by atoms with Gasteiger partial charge in [0.1, 0.15) is 0 Å². The molecule has 2 unspecified atom stereocenters. The molecule has 1 rings (SSSR count). The second-order valence-corrected chi connectivity index (χ2v) is 5.86. The first-order valence-corrected chi connectivity index (χ1v) is 8.32. The third kappa shape index (κ3) is 7.58. The number of aliphatic hydroxyl groups is 2. The van der Waals surface area contributed by atoms with Gasteiger partial charge < -0.3 is 19.7 Å². The lowest BCUT2D eigenvalue weighted by Crippen LogP contribution is -2.32. The van der Waals surface area contributed by atoms with E-state index in [1.54, 1.807) is 0 Å². The fraction of sp³-hybridized carbons (Fsp3) is 1.00. The molecule has 2 N–H and O–H groups in total. The van der Waals surface area contributed by atoms with Gasteiger partial charge in [0, 0.05) is 0 Å². The predicted molar refractivity (Wildman–Crippen MR) is 79.3 cm³/mol. The van der Waals surface area contributed by atoms with E-state index in [9.17, 15) is 10.2 Å². The highest BCUT2D eigenvalue weighted by molar-refractivity contribution is 4.74. The molecule has 0 saturated heterocycles. The Hall–Kier alpha value is -0.160. The number of rotatable bonds is 10. The lowest BCUT2D eigenvalue weighted by Gasteiger charge is -2.31. The Bertz CT molecular complexity index is 203. The largest absolute Gasteiger partial charge is 0.368 e. The van der Waals surface area contributed by atoms with Crippen LogP contribution < -0.4 is 0 Å². The zero-order chi connectivity index (χ0) is 14.8. The minimum atomic E-state index is -0.618. The molecule has 1 aliphatic carbocycles. The van der Waals surface area contributed by atoms with Crippen LogP contribution in [0.25, 0.3) is 0 Å². The molecule has 20 heavy (non-hydrogen) atoms. The van der Waals surface area contributed by atoms with Gasteiger partial charge in [-0.1, -0.05) is 26.7 Å². The van der Waals surface area contributed by atoms with E-state index in [4.69, 9.17) is 9.47 Å². The summed E-state index contributed by atoms with van der Waals surface area (Å²) in [6.45, 7) is 4.22. The van der Waals surface area contributed by atoms with E-state index in [0.717, 1.165) is 64.2 Å². The minimum Gasteiger partial charge on any atom is -0.368 e. The first-order valence-electron chi connectivity index (χ1n) is 8.32. The van der Waals surface area contributed by atoms with Crippen LogP contribution in [0.4, 0.5) is 0 Å². The van der Waals surface area contributed by atoms with Crippen LogP contribution >= 0.6 is 0 Å². The molecule has 4 nitrogen and oxygen atoms in total. The van der Waals surface area contributed by atoms with Crippen molar-refractivity contribution in [3.05, 3.63) is 0 Å². The SMILES string of the molecule is CCCCC(O)OC1CCC(OC(O)CCCC)CC1. The van der Waals surface area contributed by atoms with Crippen molar-refractivity contribution in [1.82, 2.24) is 0 Å². The lowest BCUT2D eigenvalue weighted by atomic mass is 9.95. The number of hydrogen-bond donors (Lipinski definition) is 2. The lowest BCUT2D eigenvalue weighted by molar-refractivity contribution is -0.178. The monoisotopic (exact) mass is 288 g/mol. The van der Waals surface area contributed by atoms with E-state index < -0.39 is 12.6 Å². The van der Waals surface area contributed by atoms with Gasteiger partial charge in [0.25, 0.3) is 0 Å². The van der Waals surface area contributed by atoms with Crippen molar-refractivity contribution < 1.29 is 19.7 Å². The molecule has 0 amide bonds. The Morgan fingerprint density at radius 2 is 1.15 bits per heavy atom. The molecule has 120 valence electrons. The van der Waals surface area contributed by atoms with E-state index in [2.05, 4.69) is 13.8 Å². The van der Waals surface area contributed by atoms with E-state index >= 15 is 0 Å². The van der Waals surface area contributed by atoms with Crippen molar-refractivity contribution >= 4 is 0 Å². The zero-order valence-corrected chi connectivity index (χ0v) is 13.1. The quantitative estimate of drug-likeness (QED) is 0.605. The van der Waals surface area contributed by atoms with Crippen molar-refractivity contribution in [3.8, 4) is 0 Å². The second-order valence-electron chi connectivity index (χ2n) is 5.86. The average Bonchev–Trinajstić information content (AvgIpc) is 2.45. The zero-order valence-electron chi connectivity index (χ0n) is 13.1. The summed E-state index contributed by atoms with van der Waals surface area (Å²) in [5, 5.41) is 19.5. The van der Waals surface area contributed by atoms with Crippen LogP contribution in [0.5, 0.6) is 0 Å². The van der Waals surface area contributed by atoms with Gasteiger partial charge in [-0.05, 0) is 51.4 Å². The van der Waals surface area contributed by atoms with Gasteiger partial charge in [-0.3, -0.25) is 0 Å². The Morgan fingerprint density at radius 3 is 1.45 bits per heavy atom. The van der Waals surface area contributed by atoms with Crippen LogP contribution in [0.15, 0.2) is 0 Å². The average molecular weight is 288 g/mol. The summed E-state index contributed by atoms with van der Waals surface area (Å²) in [4.78, 5) is 0. The van der Waals surface area contributed by atoms with Crippen molar-refractivity contribution in [3.63, 3.8) is 0 Å². The summed E-state index contributed by atoms with van der Waals surface area (Å²) in [7, 11) is 0. The highest BCUT2D eigenvalue weighted by Crippen LogP contribution is 2.26. The Kier molecular flexibility index (Phi) is 9.44. The summed E-state index contributed by atoms with van der Waals surface area (Å²) in [5.74, 6) is 0. The Morgan fingerprint density at radius 1 is 0.800 bits per heavy atom. The van der Waals surface area contributed by atoms with Gasteiger partial charge in [0.2, 0.25) is 0 Å². The van der Waals surface area contributed by atoms with Gasteiger partial charge in [-0.2, -0.15) is 0 Å². The van der Waals surface area contributed by atoms with Gasteiger partial charge in [-0.25, -0.2) is 0 Å². The third-order valence-corrected chi connectivity index (χ3v) is 3.93. The van der Waals surface area contributed by atoms with Gasteiger partial charge in [-0.15, -0.1) is 0 Å². The molecule has 0 heterocycles. The summed E-state index contributed by atoms with van der Waals surface area (Å²) >= 11 is 0. The van der Waals surface area contributed by atoms with Crippen LogP contribution in [-0.2, 0) is 9.47 Å². The molecule has 1 aliphatic rings. The summed E-state index contributed by atoms with van der Waals surface area (Å²) in [6.07, 6.45) is 8.32. The molecule has 0 aromatic carbocycles. The molecule has 2 atom stereocenters. The highest BCUT2D eigenvalue weighted by atomic mass is 16.6. The van der Waals surface area contributed by atoms with E-state index in [0.29, 0.717) is 0 Å². The van der Waals surface area contributed by atoms with Gasteiger partial charge in [0.15, 0.2) is 12.6 Å². The van der Waals surface area contributed by atoms with Crippen molar-refractivity contribution in [1.29, 1.82) is 0 Å². The predicted octanol–water partition coefficient (Wildman–Crippen LogP) is 3.35. The Balaban J connectivity index is 2.13. The van der Waals surface area contributed by atoms with Gasteiger partial charge >= 0.3 is 0 Å². The number of hydrogen-bond acceptors (Lipinski definition) is 4. The van der Waals surface area contributed by atoms with E-state index in [1.807, 2.05) is 0 Å². The molecular formula is C16H32O4. The maximum atomic E-state index is 9.75. The first-order chi connectivity index (χ1) is 9.65. The Labute approximate surface area is 123 Å². The molecule has 0 spiro atoms. The molecular weight excluding hydrogens is 256 g/mol. The van der Waals surface area contributed by atoms with Crippen LogP contribution in [0.3, 0.4) is 0 Å². The van der Waals surface area contributed by atoms with Crippen molar-refractivity contribution in [2.45, 2.75) is 103 Å². The van der Waals surface area contributed by atoms with Gasteiger partial charge in [0.05, 0.1) is 12.2 Å². The first kappa shape index (κ1) is 17.9. The summed E-state index contributed by atoms with van der Waals surface area (Å²) in [5.41, 5.74) is 0. The number of unbranched alkanes of at least 4 members (excludes halogenated alkanes) is 2. The van der Waals surface area contributed by atoms with Crippen molar-refractivity contribution in [2.24, 2.45) is 0 Å². The van der Waals surface area contributed by atoms with E-state index in [1.165, 1.54) is 0 Å². The molecule has 4 heteroatoms. The number of ether oxygens (including phenoxy) is 2. The van der Waals surface area contributed by atoms with Crippen LogP contribution in [-0.4, -0.2) is 35.0 Å². The van der Waals surface area contributed by atoms with Crippen LogP contribution in [0, 0.1) is 0 Å². The molecule has 0 aliphatic heterocycles. The standard InChI is InChI=1S/C16H32O4/c1-3-5-7-15(17)19-13-9-11-14(12-10-13)20-16(18)8-6-4-2/h13-18H,3-12H2,1-2H3. The molecule has 0 aromatic heterocycles. The number of aliphatic hydroxyl groups excluding tert-OH is 2. The topological polar surface area (TPSA) is 58.9 Å². The molecule has 0 radical (unpaired) electrons. The minimum absolute atomic E-state index is 0.148. The normalized spacial score (nSPS) is 26.4. The maximum absolute atomic E-state index is 9.75. The van der Waals surface area contributed by atoms with Crippen LogP contribution in [0.2, 0.25) is 0 Å². The maximum Gasteiger partial charge on any atom is 0.154 e. The van der Waals surface area contributed by atoms with Crippen molar-refractivity contribution in [2.75, 3.05) is 0 Å². The molecule has 1 saturated carbocycles. The fourth-order valence-electron chi connectivity index (χ4n) is 2.64. The summed E-state index contributed by atoms with van der Waals surface area (Å²) in [6, 6.07) is 0. The fourth-order valence-corrected chi connectivity index (χ4v) is 2.64. The smallest absolute Gasteiger partial charge is 0.154 e. The molecule has 0 aromatic rings. The molecule has 1 fully saturated rings. The van der Waals surface area contributed by atoms with E-state index in [-0.39, 0.29) is 12.2 Å². The van der Waals surface area contributed by atoms with Crippen LogP contribution in [0.1, 0.15) is 78.1 Å². The third-order valence-electron chi connectivity index (χ3n) is 3.93. The summed E-state index contributed by atoms with van der Waals surface area (Å²) < 4.78 is 11.3. The highest BCUT2D eigenvalue weighted by Gasteiger charge is 2.25. The second kappa shape index (κ2) is 10.6. The molecule has 0 bridgehead atoms.